The van der Waals surface area contributed by atoms with E-state index in [1.807, 2.05) is 6.92 Å². The molecule has 0 saturated carbocycles. The van der Waals surface area contributed by atoms with Crippen LogP contribution in [0.4, 0.5) is 0 Å². The zero-order chi connectivity index (χ0) is 8.69. The van der Waals surface area contributed by atoms with Gasteiger partial charge in [0.1, 0.15) is 0 Å². The van der Waals surface area contributed by atoms with Crippen molar-refractivity contribution in [2.45, 2.75) is 19.4 Å². The topological polar surface area (TPSA) is 67.1 Å². The van der Waals surface area contributed by atoms with Gasteiger partial charge in [0.2, 0.25) is 5.91 Å². The normalized spacial score (nSPS) is 12.6. The van der Waals surface area contributed by atoms with Crippen molar-refractivity contribution in [2.75, 3.05) is 20.1 Å². The number of carbonyl (C=O) groups excluding carboxylic acids is 1. The van der Waals surface area contributed by atoms with Gasteiger partial charge in [0, 0.05) is 26.1 Å². The summed E-state index contributed by atoms with van der Waals surface area (Å²) in [5.41, 5.74) is 5.42. The maximum Gasteiger partial charge on any atom is 0.221 e. The first-order chi connectivity index (χ1) is 5.24. The van der Waals surface area contributed by atoms with E-state index in [0.29, 0.717) is 13.0 Å². The Morgan fingerprint density at radius 1 is 1.64 bits per heavy atom. The quantitative estimate of drug-likeness (QED) is 0.485. The molecule has 66 valence electrons. The van der Waals surface area contributed by atoms with Crippen LogP contribution in [0.1, 0.15) is 13.3 Å². The van der Waals surface area contributed by atoms with Crippen molar-refractivity contribution < 1.29 is 4.79 Å². The lowest BCUT2D eigenvalue weighted by Crippen LogP contribution is -2.39. The van der Waals surface area contributed by atoms with E-state index in [0.717, 1.165) is 6.54 Å². The van der Waals surface area contributed by atoms with Crippen molar-refractivity contribution in [3.63, 3.8) is 0 Å². The SMILES string of the molecule is CCNC(CN)CC(=O)NC. The number of likely N-dealkylation sites (N-methyl/N-ethyl adjacent to an activating group) is 1. The maximum atomic E-state index is 10.8. The first-order valence-corrected chi connectivity index (χ1v) is 3.88. The van der Waals surface area contributed by atoms with Crippen LogP contribution in [-0.4, -0.2) is 32.1 Å². The molecule has 0 aliphatic rings. The summed E-state index contributed by atoms with van der Waals surface area (Å²) in [5, 5.41) is 5.67. The van der Waals surface area contributed by atoms with Crippen LogP contribution >= 0.6 is 0 Å². The van der Waals surface area contributed by atoms with Gasteiger partial charge in [-0.25, -0.2) is 0 Å². The average Bonchev–Trinajstić information content (AvgIpc) is 2.03. The zero-order valence-corrected chi connectivity index (χ0v) is 7.18. The molecule has 0 fully saturated rings. The van der Waals surface area contributed by atoms with E-state index >= 15 is 0 Å². The van der Waals surface area contributed by atoms with E-state index in [2.05, 4.69) is 10.6 Å². The highest BCUT2D eigenvalue weighted by Crippen LogP contribution is 1.88. The molecule has 0 heterocycles. The van der Waals surface area contributed by atoms with Gasteiger partial charge in [0.25, 0.3) is 0 Å². The van der Waals surface area contributed by atoms with Crippen molar-refractivity contribution in [3.05, 3.63) is 0 Å². The molecule has 0 aromatic carbocycles. The summed E-state index contributed by atoms with van der Waals surface area (Å²) in [4.78, 5) is 10.8. The Hall–Kier alpha value is -0.610. The van der Waals surface area contributed by atoms with E-state index in [-0.39, 0.29) is 11.9 Å². The number of nitrogens with two attached hydrogens (primary N) is 1. The first kappa shape index (κ1) is 10.4. The maximum absolute atomic E-state index is 10.8. The molecule has 4 heteroatoms. The van der Waals surface area contributed by atoms with Crippen molar-refractivity contribution in [3.8, 4) is 0 Å². The summed E-state index contributed by atoms with van der Waals surface area (Å²) in [6.07, 6.45) is 0.459. The molecule has 0 saturated heterocycles. The number of hydrogen-bond donors (Lipinski definition) is 3. The molecule has 0 aromatic heterocycles. The standard InChI is InChI=1S/C7H17N3O/c1-3-10-6(5-8)4-7(11)9-2/h6,10H,3-5,8H2,1-2H3,(H,9,11). The number of hydrogen-bond acceptors (Lipinski definition) is 3. The second kappa shape index (κ2) is 6.12. The molecule has 0 aliphatic heterocycles. The predicted molar refractivity (Wildman–Crippen MR) is 45.2 cm³/mol. The van der Waals surface area contributed by atoms with E-state index in [4.69, 9.17) is 5.73 Å². The Balaban J connectivity index is 3.58. The van der Waals surface area contributed by atoms with Crippen LogP contribution in [0.5, 0.6) is 0 Å². The summed E-state index contributed by atoms with van der Waals surface area (Å²) in [7, 11) is 1.63. The van der Waals surface area contributed by atoms with Gasteiger partial charge in [-0.05, 0) is 6.54 Å². The van der Waals surface area contributed by atoms with E-state index in [1.165, 1.54) is 0 Å². The monoisotopic (exact) mass is 159 g/mol. The third kappa shape index (κ3) is 4.75. The molecule has 4 N–H and O–H groups in total. The molecule has 0 radical (unpaired) electrons. The van der Waals surface area contributed by atoms with Gasteiger partial charge in [-0.2, -0.15) is 0 Å². The Kier molecular flexibility index (Phi) is 5.78. The molecule has 11 heavy (non-hydrogen) atoms. The summed E-state index contributed by atoms with van der Waals surface area (Å²) in [6.45, 7) is 3.34. The van der Waals surface area contributed by atoms with Gasteiger partial charge in [0.15, 0.2) is 0 Å². The third-order valence-electron chi connectivity index (χ3n) is 1.49. The summed E-state index contributed by atoms with van der Waals surface area (Å²) >= 11 is 0. The Morgan fingerprint density at radius 3 is 2.64 bits per heavy atom. The highest BCUT2D eigenvalue weighted by molar-refractivity contribution is 5.76. The molecule has 0 bridgehead atoms. The fourth-order valence-electron chi connectivity index (χ4n) is 0.853. The highest BCUT2D eigenvalue weighted by Gasteiger charge is 2.08. The largest absolute Gasteiger partial charge is 0.359 e. The van der Waals surface area contributed by atoms with E-state index in [9.17, 15) is 4.79 Å². The van der Waals surface area contributed by atoms with Gasteiger partial charge in [-0.15, -0.1) is 0 Å². The fourth-order valence-corrected chi connectivity index (χ4v) is 0.853. The molecule has 1 amide bonds. The Bertz CT molecular complexity index is 116. The molecule has 0 aliphatic carbocycles. The molecule has 0 aromatic rings. The number of nitrogens with one attached hydrogen (secondary N) is 2. The predicted octanol–water partition coefficient (Wildman–Crippen LogP) is -0.941. The summed E-state index contributed by atoms with van der Waals surface area (Å²) in [5.74, 6) is 0.0291. The van der Waals surface area contributed by atoms with Gasteiger partial charge < -0.3 is 16.4 Å². The molecule has 4 nitrogen and oxygen atoms in total. The van der Waals surface area contributed by atoms with Crippen LogP contribution in [-0.2, 0) is 4.79 Å². The first-order valence-electron chi connectivity index (χ1n) is 3.88. The minimum atomic E-state index is 0.0291. The minimum Gasteiger partial charge on any atom is -0.359 e. The number of rotatable bonds is 5. The molecule has 0 rings (SSSR count). The minimum absolute atomic E-state index is 0.0291. The Labute approximate surface area is 67.5 Å². The van der Waals surface area contributed by atoms with Gasteiger partial charge in [0.05, 0.1) is 0 Å². The zero-order valence-electron chi connectivity index (χ0n) is 7.18. The Morgan fingerprint density at radius 2 is 2.27 bits per heavy atom. The van der Waals surface area contributed by atoms with Crippen LogP contribution in [0.15, 0.2) is 0 Å². The third-order valence-corrected chi connectivity index (χ3v) is 1.49. The lowest BCUT2D eigenvalue weighted by Gasteiger charge is -2.13. The summed E-state index contributed by atoms with van der Waals surface area (Å²) < 4.78 is 0. The summed E-state index contributed by atoms with van der Waals surface area (Å²) in [6, 6.07) is 0.111. The number of amides is 1. The molecular weight excluding hydrogens is 142 g/mol. The fraction of sp³-hybridized carbons (Fsp3) is 0.857. The highest BCUT2D eigenvalue weighted by atomic mass is 16.1. The molecular formula is C7H17N3O. The van der Waals surface area contributed by atoms with Crippen molar-refractivity contribution >= 4 is 5.91 Å². The lowest BCUT2D eigenvalue weighted by atomic mass is 10.2. The van der Waals surface area contributed by atoms with Crippen LogP contribution in [0.3, 0.4) is 0 Å². The van der Waals surface area contributed by atoms with Crippen LogP contribution in [0.2, 0.25) is 0 Å². The van der Waals surface area contributed by atoms with Gasteiger partial charge >= 0.3 is 0 Å². The molecule has 0 spiro atoms. The van der Waals surface area contributed by atoms with Gasteiger partial charge in [-0.3, -0.25) is 4.79 Å². The lowest BCUT2D eigenvalue weighted by molar-refractivity contribution is -0.121. The molecule has 1 atom stereocenters. The van der Waals surface area contributed by atoms with Crippen molar-refractivity contribution in [2.24, 2.45) is 5.73 Å². The molecule has 1 unspecified atom stereocenters. The second-order valence-electron chi connectivity index (χ2n) is 2.37. The van der Waals surface area contributed by atoms with Crippen molar-refractivity contribution in [1.29, 1.82) is 0 Å². The second-order valence-corrected chi connectivity index (χ2v) is 2.37. The van der Waals surface area contributed by atoms with Crippen LogP contribution < -0.4 is 16.4 Å². The van der Waals surface area contributed by atoms with Gasteiger partial charge in [-0.1, -0.05) is 6.92 Å². The van der Waals surface area contributed by atoms with Crippen molar-refractivity contribution in [1.82, 2.24) is 10.6 Å². The number of carbonyl (C=O) groups is 1. The van der Waals surface area contributed by atoms with E-state index < -0.39 is 0 Å². The average molecular weight is 159 g/mol. The van der Waals surface area contributed by atoms with Crippen LogP contribution in [0, 0.1) is 0 Å². The smallest absolute Gasteiger partial charge is 0.221 e. The van der Waals surface area contributed by atoms with Crippen LogP contribution in [0.25, 0.3) is 0 Å². The van der Waals surface area contributed by atoms with E-state index in [1.54, 1.807) is 7.05 Å².